The average Bonchev–Trinajstić information content (AvgIpc) is 2.93. The van der Waals surface area contributed by atoms with Crippen molar-refractivity contribution in [3.63, 3.8) is 0 Å². The lowest BCUT2D eigenvalue weighted by atomic mass is 9.78. The van der Waals surface area contributed by atoms with Crippen LogP contribution in [0, 0.1) is 5.92 Å². The van der Waals surface area contributed by atoms with Gasteiger partial charge in [0.1, 0.15) is 0 Å². The van der Waals surface area contributed by atoms with Crippen LogP contribution in [0.2, 0.25) is 0 Å². The normalized spacial score (nSPS) is 47.4. The Labute approximate surface area is 97.8 Å². The molecular formula is C13H23NO2. The number of aliphatic hydroxyl groups is 1. The van der Waals surface area contributed by atoms with Crippen LogP contribution in [-0.2, 0) is 4.74 Å². The third kappa shape index (κ3) is 2.01. The molecule has 92 valence electrons. The summed E-state index contributed by atoms with van der Waals surface area (Å²) in [5.41, 5.74) is -0.376. The maximum atomic E-state index is 10.7. The molecule has 0 radical (unpaired) electrons. The molecule has 3 aliphatic heterocycles. The minimum absolute atomic E-state index is 0.376. The van der Waals surface area contributed by atoms with Gasteiger partial charge in [0.2, 0.25) is 0 Å². The summed E-state index contributed by atoms with van der Waals surface area (Å²) in [6.45, 7) is 4.35. The zero-order valence-corrected chi connectivity index (χ0v) is 10.0. The lowest BCUT2D eigenvalue weighted by molar-refractivity contribution is -0.0601. The van der Waals surface area contributed by atoms with Gasteiger partial charge in [0.25, 0.3) is 0 Å². The molecule has 3 aliphatic rings. The summed E-state index contributed by atoms with van der Waals surface area (Å²) >= 11 is 0. The van der Waals surface area contributed by atoms with Crippen molar-refractivity contribution in [1.29, 1.82) is 0 Å². The van der Waals surface area contributed by atoms with Gasteiger partial charge in [0.05, 0.1) is 11.7 Å². The molecule has 4 unspecified atom stereocenters. The van der Waals surface area contributed by atoms with Gasteiger partial charge >= 0.3 is 0 Å². The first-order valence-corrected chi connectivity index (χ1v) is 6.83. The molecule has 4 atom stereocenters. The van der Waals surface area contributed by atoms with Gasteiger partial charge in [-0.1, -0.05) is 0 Å². The fourth-order valence-electron chi connectivity index (χ4n) is 3.64. The highest BCUT2D eigenvalue weighted by Crippen LogP contribution is 2.39. The maximum absolute atomic E-state index is 10.7. The van der Waals surface area contributed by atoms with Crippen LogP contribution in [0.4, 0.5) is 0 Å². The number of fused-ring (bicyclic) bond motifs is 2. The molecule has 3 rings (SSSR count). The predicted molar refractivity (Wildman–Crippen MR) is 62.3 cm³/mol. The van der Waals surface area contributed by atoms with Crippen LogP contribution < -0.4 is 0 Å². The van der Waals surface area contributed by atoms with E-state index in [2.05, 4.69) is 4.90 Å². The van der Waals surface area contributed by atoms with E-state index in [1.54, 1.807) is 0 Å². The second kappa shape index (κ2) is 4.28. The van der Waals surface area contributed by atoms with Gasteiger partial charge in [-0.3, -0.25) is 0 Å². The van der Waals surface area contributed by atoms with E-state index in [1.807, 2.05) is 0 Å². The Morgan fingerprint density at radius 1 is 1.31 bits per heavy atom. The van der Waals surface area contributed by atoms with Gasteiger partial charge in [-0.25, -0.2) is 0 Å². The molecule has 0 aromatic rings. The second-order valence-corrected chi connectivity index (χ2v) is 5.81. The van der Waals surface area contributed by atoms with Crippen LogP contribution in [0.1, 0.15) is 38.5 Å². The van der Waals surface area contributed by atoms with Crippen molar-refractivity contribution in [2.75, 3.05) is 26.2 Å². The Hall–Kier alpha value is -0.120. The Kier molecular flexibility index (Phi) is 2.94. The lowest BCUT2D eigenvalue weighted by Crippen LogP contribution is -2.46. The number of hydrogen-bond acceptors (Lipinski definition) is 3. The number of hydrogen-bond donors (Lipinski definition) is 1. The molecule has 0 aliphatic carbocycles. The molecule has 16 heavy (non-hydrogen) atoms. The van der Waals surface area contributed by atoms with Crippen molar-refractivity contribution in [2.45, 2.75) is 50.2 Å². The Bertz CT molecular complexity index is 252. The highest BCUT2D eigenvalue weighted by molar-refractivity contribution is 4.97. The Morgan fingerprint density at radius 2 is 2.25 bits per heavy atom. The molecule has 3 fully saturated rings. The topological polar surface area (TPSA) is 32.7 Å². The third-order valence-electron chi connectivity index (χ3n) is 4.82. The number of nitrogens with zero attached hydrogens (tertiary/aromatic N) is 1. The van der Waals surface area contributed by atoms with Gasteiger partial charge < -0.3 is 14.7 Å². The van der Waals surface area contributed by atoms with Crippen molar-refractivity contribution in [3.05, 3.63) is 0 Å². The number of piperidine rings is 1. The van der Waals surface area contributed by atoms with Crippen molar-refractivity contribution < 1.29 is 9.84 Å². The number of rotatable bonds is 3. The fraction of sp³-hybridized carbons (Fsp3) is 1.00. The van der Waals surface area contributed by atoms with E-state index in [9.17, 15) is 5.11 Å². The summed E-state index contributed by atoms with van der Waals surface area (Å²) < 4.78 is 5.65. The molecule has 0 saturated carbocycles. The van der Waals surface area contributed by atoms with Gasteiger partial charge in [-0.2, -0.15) is 0 Å². The quantitative estimate of drug-likeness (QED) is 0.788. The zero-order valence-electron chi connectivity index (χ0n) is 10.0. The van der Waals surface area contributed by atoms with E-state index in [1.165, 1.54) is 25.8 Å². The Balaban J connectivity index is 1.55. The second-order valence-electron chi connectivity index (χ2n) is 5.81. The van der Waals surface area contributed by atoms with Crippen LogP contribution in [0.25, 0.3) is 0 Å². The summed E-state index contributed by atoms with van der Waals surface area (Å²) in [5.74, 6) is 0.530. The van der Waals surface area contributed by atoms with E-state index in [-0.39, 0.29) is 5.60 Å². The first-order chi connectivity index (χ1) is 7.76. The summed E-state index contributed by atoms with van der Waals surface area (Å²) in [6, 6.07) is 0. The smallest absolute Gasteiger partial charge is 0.0701 e. The van der Waals surface area contributed by atoms with Crippen LogP contribution in [-0.4, -0.2) is 48.0 Å². The largest absolute Gasteiger partial charge is 0.390 e. The lowest BCUT2D eigenvalue weighted by Gasteiger charge is -2.39. The van der Waals surface area contributed by atoms with Gasteiger partial charge in [-0.15, -0.1) is 0 Å². The first-order valence-electron chi connectivity index (χ1n) is 6.83. The molecule has 1 N–H and O–H groups in total. The van der Waals surface area contributed by atoms with Crippen molar-refractivity contribution in [2.24, 2.45) is 5.92 Å². The van der Waals surface area contributed by atoms with E-state index in [4.69, 9.17) is 4.74 Å². The predicted octanol–water partition coefficient (Wildman–Crippen LogP) is 1.40. The Morgan fingerprint density at radius 3 is 3.06 bits per heavy atom. The summed E-state index contributed by atoms with van der Waals surface area (Å²) in [4.78, 5) is 2.49. The molecule has 3 heteroatoms. The van der Waals surface area contributed by atoms with E-state index in [0.717, 1.165) is 39.0 Å². The molecule has 3 heterocycles. The van der Waals surface area contributed by atoms with Crippen LogP contribution in [0.5, 0.6) is 0 Å². The minimum atomic E-state index is -0.376. The molecule has 3 saturated heterocycles. The molecule has 0 spiro atoms. The van der Waals surface area contributed by atoms with Crippen molar-refractivity contribution >= 4 is 0 Å². The molecule has 0 amide bonds. The first kappa shape index (κ1) is 11.0. The summed E-state index contributed by atoms with van der Waals surface area (Å²) in [6.07, 6.45) is 7.03. The van der Waals surface area contributed by atoms with E-state index in [0.29, 0.717) is 12.0 Å². The minimum Gasteiger partial charge on any atom is -0.390 e. The van der Waals surface area contributed by atoms with Crippen molar-refractivity contribution in [3.8, 4) is 0 Å². The average molecular weight is 225 g/mol. The molecule has 0 aromatic heterocycles. The highest BCUT2D eigenvalue weighted by Gasteiger charge is 2.44. The molecular weight excluding hydrogens is 202 g/mol. The summed E-state index contributed by atoms with van der Waals surface area (Å²) in [7, 11) is 0. The maximum Gasteiger partial charge on any atom is 0.0701 e. The molecule has 2 bridgehead atoms. The van der Waals surface area contributed by atoms with Crippen LogP contribution in [0.3, 0.4) is 0 Å². The van der Waals surface area contributed by atoms with Gasteiger partial charge in [0, 0.05) is 25.6 Å². The third-order valence-corrected chi connectivity index (χ3v) is 4.82. The monoisotopic (exact) mass is 225 g/mol. The van der Waals surface area contributed by atoms with Gasteiger partial charge in [-0.05, 0) is 45.1 Å². The van der Waals surface area contributed by atoms with Crippen molar-refractivity contribution in [1.82, 2.24) is 4.90 Å². The fourth-order valence-corrected chi connectivity index (χ4v) is 3.64. The number of ether oxygens (including phenoxy) is 1. The standard InChI is InChI=1S/C13H23NO2/c15-13(5-3-12-2-1-9-16-12)6-8-14-7-4-11(13)10-14/h11-12,15H,1-10H2. The SMILES string of the molecule is OC1(CCC2CCCO2)CCN2CCC1C2. The molecule has 3 nitrogen and oxygen atoms in total. The van der Waals surface area contributed by atoms with Crippen LogP contribution >= 0.6 is 0 Å². The molecule has 0 aromatic carbocycles. The zero-order chi connectivity index (χ0) is 11.0. The van der Waals surface area contributed by atoms with Crippen LogP contribution in [0.15, 0.2) is 0 Å². The highest BCUT2D eigenvalue weighted by atomic mass is 16.5. The summed E-state index contributed by atoms with van der Waals surface area (Å²) in [5, 5.41) is 10.7. The van der Waals surface area contributed by atoms with E-state index < -0.39 is 0 Å². The van der Waals surface area contributed by atoms with Gasteiger partial charge in [0.15, 0.2) is 0 Å². The van der Waals surface area contributed by atoms with E-state index >= 15 is 0 Å².